The zero-order chi connectivity index (χ0) is 21.1. The Bertz CT molecular complexity index is 1310. The van der Waals surface area contributed by atoms with Gasteiger partial charge < -0.3 is 14.2 Å². The van der Waals surface area contributed by atoms with Crippen LogP contribution < -0.4 is 24.3 Å². The summed E-state index contributed by atoms with van der Waals surface area (Å²) in [4.78, 5) is 17.9. The molecule has 0 aliphatic heterocycles. The molecule has 2 aromatic heterocycles. The maximum atomic E-state index is 12.8. The van der Waals surface area contributed by atoms with Gasteiger partial charge in [0, 0.05) is 11.1 Å². The minimum Gasteiger partial charge on any atom is -0.497 e. The number of ether oxygens (including phenoxy) is 3. The molecule has 0 N–H and O–H groups in total. The summed E-state index contributed by atoms with van der Waals surface area (Å²) >= 11 is 1.27. The minimum atomic E-state index is -0.232. The third-order valence-electron chi connectivity index (χ3n) is 4.39. The summed E-state index contributed by atoms with van der Waals surface area (Å²) < 4.78 is 18.0. The molecule has 0 atom stereocenters. The molecule has 0 fully saturated rings. The van der Waals surface area contributed by atoms with E-state index in [-0.39, 0.29) is 5.56 Å². The van der Waals surface area contributed by atoms with E-state index in [0.717, 1.165) is 16.9 Å². The summed E-state index contributed by atoms with van der Waals surface area (Å²) in [5.74, 6) is 2.54. The van der Waals surface area contributed by atoms with Crippen molar-refractivity contribution >= 4 is 22.4 Å². The first kappa shape index (κ1) is 19.7. The van der Waals surface area contributed by atoms with Crippen LogP contribution in [0.2, 0.25) is 0 Å². The van der Waals surface area contributed by atoms with Crippen molar-refractivity contribution in [1.82, 2.24) is 14.6 Å². The lowest BCUT2D eigenvalue weighted by Crippen LogP contribution is -2.23. The van der Waals surface area contributed by atoms with E-state index in [4.69, 9.17) is 14.2 Å². The summed E-state index contributed by atoms with van der Waals surface area (Å²) in [7, 11) is 3.17. The highest BCUT2D eigenvalue weighted by Gasteiger charge is 2.13. The molecule has 4 aromatic rings. The van der Waals surface area contributed by atoms with Gasteiger partial charge in [0.15, 0.2) is 5.82 Å². The minimum absolute atomic E-state index is 0.232. The van der Waals surface area contributed by atoms with Gasteiger partial charge in [-0.1, -0.05) is 24.0 Å². The van der Waals surface area contributed by atoms with Crippen LogP contribution in [0.15, 0.2) is 59.9 Å². The SMILES string of the molecule is C=CCOc1ccc(-c2nc3s/c(=C/c4cc(OC)ccc4OC)c(=O)n3n2)cc1. The summed E-state index contributed by atoms with van der Waals surface area (Å²) in [6.07, 6.45) is 3.45. The summed E-state index contributed by atoms with van der Waals surface area (Å²) in [5, 5.41) is 4.38. The van der Waals surface area contributed by atoms with Crippen LogP contribution in [0.25, 0.3) is 22.4 Å². The Morgan fingerprint density at radius 3 is 2.53 bits per heavy atom. The fourth-order valence-electron chi connectivity index (χ4n) is 2.90. The van der Waals surface area contributed by atoms with E-state index in [1.165, 1.54) is 15.9 Å². The Morgan fingerprint density at radius 1 is 1.10 bits per heavy atom. The van der Waals surface area contributed by atoms with Gasteiger partial charge >= 0.3 is 0 Å². The van der Waals surface area contributed by atoms with Crippen LogP contribution in [0.3, 0.4) is 0 Å². The highest BCUT2D eigenvalue weighted by Crippen LogP contribution is 2.25. The highest BCUT2D eigenvalue weighted by molar-refractivity contribution is 7.15. The number of benzene rings is 2. The van der Waals surface area contributed by atoms with E-state index < -0.39 is 0 Å². The molecule has 0 saturated heterocycles. The summed E-state index contributed by atoms with van der Waals surface area (Å²) in [5.41, 5.74) is 1.31. The largest absolute Gasteiger partial charge is 0.497 e. The van der Waals surface area contributed by atoms with Crippen molar-refractivity contribution in [2.24, 2.45) is 0 Å². The van der Waals surface area contributed by atoms with Crippen LogP contribution >= 0.6 is 11.3 Å². The fraction of sp³-hybridized carbons (Fsp3) is 0.136. The average molecular weight is 421 g/mol. The molecule has 0 spiro atoms. The number of nitrogens with zero attached hydrogens (tertiary/aromatic N) is 3. The Balaban J connectivity index is 1.70. The summed E-state index contributed by atoms with van der Waals surface area (Å²) in [6.45, 7) is 4.07. The Hall–Kier alpha value is -3.65. The third kappa shape index (κ3) is 3.77. The van der Waals surface area contributed by atoms with Gasteiger partial charge in [0.25, 0.3) is 5.56 Å². The molecule has 0 bridgehead atoms. The quantitative estimate of drug-likeness (QED) is 0.427. The highest BCUT2D eigenvalue weighted by atomic mass is 32.1. The average Bonchev–Trinajstić information content (AvgIpc) is 3.32. The van der Waals surface area contributed by atoms with Crippen molar-refractivity contribution in [1.29, 1.82) is 0 Å². The molecule has 4 rings (SSSR count). The number of rotatable bonds is 7. The van der Waals surface area contributed by atoms with Gasteiger partial charge in [-0.25, -0.2) is 0 Å². The van der Waals surface area contributed by atoms with Gasteiger partial charge in [-0.05, 0) is 48.5 Å². The van der Waals surface area contributed by atoms with Crippen molar-refractivity contribution in [3.05, 3.63) is 75.6 Å². The molecule has 0 unspecified atom stereocenters. The Morgan fingerprint density at radius 2 is 1.87 bits per heavy atom. The molecule has 8 heteroatoms. The molecular weight excluding hydrogens is 402 g/mol. The fourth-order valence-corrected chi connectivity index (χ4v) is 3.80. The Kier molecular flexibility index (Phi) is 5.49. The lowest BCUT2D eigenvalue weighted by atomic mass is 10.2. The van der Waals surface area contributed by atoms with Crippen LogP contribution in [0.1, 0.15) is 5.56 Å². The normalized spacial score (nSPS) is 11.6. The van der Waals surface area contributed by atoms with E-state index >= 15 is 0 Å². The lowest BCUT2D eigenvalue weighted by Gasteiger charge is -2.06. The van der Waals surface area contributed by atoms with Crippen molar-refractivity contribution in [2.75, 3.05) is 20.8 Å². The number of hydrogen-bond donors (Lipinski definition) is 0. The molecule has 2 aromatic carbocycles. The van der Waals surface area contributed by atoms with Gasteiger partial charge in [-0.15, -0.1) is 5.10 Å². The van der Waals surface area contributed by atoms with Crippen LogP contribution in [0, 0.1) is 0 Å². The van der Waals surface area contributed by atoms with Crippen LogP contribution in [0.5, 0.6) is 17.2 Å². The van der Waals surface area contributed by atoms with Gasteiger partial charge in [0.05, 0.1) is 18.8 Å². The molecule has 0 aliphatic carbocycles. The molecule has 2 heterocycles. The van der Waals surface area contributed by atoms with Crippen molar-refractivity contribution in [2.45, 2.75) is 0 Å². The van der Waals surface area contributed by atoms with E-state index in [1.54, 1.807) is 38.5 Å². The Labute approximate surface area is 176 Å². The second-order valence-electron chi connectivity index (χ2n) is 6.28. The molecule has 152 valence electrons. The number of thiazole rings is 1. The zero-order valence-electron chi connectivity index (χ0n) is 16.5. The number of methoxy groups -OCH3 is 2. The molecule has 0 radical (unpaired) electrons. The van der Waals surface area contributed by atoms with Crippen molar-refractivity contribution < 1.29 is 14.2 Å². The predicted molar refractivity (Wildman–Crippen MR) is 117 cm³/mol. The number of hydrogen-bond acceptors (Lipinski definition) is 7. The maximum Gasteiger partial charge on any atom is 0.291 e. The molecule has 7 nitrogen and oxygen atoms in total. The monoisotopic (exact) mass is 421 g/mol. The topological polar surface area (TPSA) is 75.0 Å². The van der Waals surface area contributed by atoms with Crippen LogP contribution in [0.4, 0.5) is 0 Å². The second kappa shape index (κ2) is 8.38. The molecule has 0 saturated carbocycles. The molecule has 30 heavy (non-hydrogen) atoms. The van der Waals surface area contributed by atoms with Crippen LogP contribution in [-0.2, 0) is 0 Å². The lowest BCUT2D eigenvalue weighted by molar-refractivity contribution is 0.363. The van der Waals surface area contributed by atoms with Gasteiger partial charge in [0.2, 0.25) is 4.96 Å². The van der Waals surface area contributed by atoms with Crippen molar-refractivity contribution in [3.8, 4) is 28.6 Å². The first-order valence-electron chi connectivity index (χ1n) is 9.10. The summed E-state index contributed by atoms with van der Waals surface area (Å²) in [6, 6.07) is 12.8. The van der Waals surface area contributed by atoms with Crippen molar-refractivity contribution in [3.63, 3.8) is 0 Å². The van der Waals surface area contributed by atoms with Gasteiger partial charge in [-0.3, -0.25) is 4.79 Å². The van der Waals surface area contributed by atoms with Gasteiger partial charge in [-0.2, -0.15) is 9.50 Å². The molecule has 0 amide bonds. The first-order chi connectivity index (χ1) is 14.6. The van der Waals surface area contributed by atoms with Crippen LogP contribution in [-0.4, -0.2) is 35.4 Å². The van der Waals surface area contributed by atoms with E-state index in [1.807, 2.05) is 30.3 Å². The maximum absolute atomic E-state index is 12.8. The van der Waals surface area contributed by atoms with E-state index in [0.29, 0.717) is 33.4 Å². The second-order valence-corrected chi connectivity index (χ2v) is 7.29. The standard InChI is InChI=1S/C22H19N3O4S/c1-4-11-29-16-7-5-14(6-8-16)20-23-22-25(24-20)21(26)19(30-22)13-15-12-17(27-2)9-10-18(15)28-3/h4-10,12-13H,1,11H2,2-3H3/b19-13+. The first-order valence-corrected chi connectivity index (χ1v) is 9.92. The predicted octanol–water partition coefficient (Wildman–Crippen LogP) is 2.95. The smallest absolute Gasteiger partial charge is 0.291 e. The van der Waals surface area contributed by atoms with E-state index in [2.05, 4.69) is 16.7 Å². The zero-order valence-corrected chi connectivity index (χ0v) is 17.3. The molecule has 0 aliphatic rings. The number of fused-ring (bicyclic) bond motifs is 1. The van der Waals surface area contributed by atoms with Gasteiger partial charge in [0.1, 0.15) is 23.9 Å². The molecular formula is C22H19N3O4S. The number of aromatic nitrogens is 3. The van der Waals surface area contributed by atoms with E-state index in [9.17, 15) is 4.79 Å². The third-order valence-corrected chi connectivity index (χ3v) is 5.34.